The molecule has 3 aromatic rings. The van der Waals surface area contributed by atoms with Crippen LogP contribution in [0.3, 0.4) is 0 Å². The van der Waals surface area contributed by atoms with Crippen LogP contribution in [0, 0.1) is 5.82 Å². The third kappa shape index (κ3) is 6.32. The lowest BCUT2D eigenvalue weighted by Crippen LogP contribution is -2.33. The number of halogens is 2. The van der Waals surface area contributed by atoms with E-state index in [2.05, 4.69) is 21.2 Å². The van der Waals surface area contributed by atoms with Crippen LogP contribution in [0.4, 0.5) is 10.1 Å². The maximum absolute atomic E-state index is 14.4. The molecule has 0 aliphatic carbocycles. The van der Waals surface area contributed by atoms with E-state index in [1.165, 1.54) is 44.6 Å². The average molecular weight is 565 g/mol. The van der Waals surface area contributed by atoms with E-state index in [-0.39, 0.29) is 40.9 Å². The van der Waals surface area contributed by atoms with E-state index in [0.717, 1.165) is 20.6 Å². The zero-order valence-electron chi connectivity index (χ0n) is 19.7. The van der Waals surface area contributed by atoms with Crippen LogP contribution in [0.1, 0.15) is 34.5 Å². The van der Waals surface area contributed by atoms with Gasteiger partial charge in [-0.2, -0.15) is 0 Å². The lowest BCUT2D eigenvalue weighted by molar-refractivity contribution is 0.0940. The summed E-state index contributed by atoms with van der Waals surface area (Å²) in [6, 6.07) is 15.8. The second kappa shape index (κ2) is 11.1. The molecule has 7 nitrogen and oxygen atoms in total. The van der Waals surface area contributed by atoms with Crippen LogP contribution in [0.25, 0.3) is 0 Å². The molecule has 10 heteroatoms. The SMILES string of the molecule is COc1cc(C(=O)N[C@H](C)c2cccc(Br)c2)c(N(Cc2ccccc2F)S(C)(=O)=O)cc1OC. The Morgan fingerprint density at radius 3 is 2.31 bits per heavy atom. The fourth-order valence-electron chi connectivity index (χ4n) is 3.55. The highest BCUT2D eigenvalue weighted by atomic mass is 79.9. The number of carbonyl (C=O) groups excluding carboxylic acids is 1. The molecular weight excluding hydrogens is 539 g/mol. The van der Waals surface area contributed by atoms with E-state index in [4.69, 9.17) is 9.47 Å². The van der Waals surface area contributed by atoms with E-state index in [0.29, 0.717) is 0 Å². The van der Waals surface area contributed by atoms with Gasteiger partial charge in [0.25, 0.3) is 5.91 Å². The first-order chi connectivity index (χ1) is 16.5. The third-order valence-corrected chi connectivity index (χ3v) is 7.00. The molecule has 0 bridgehead atoms. The molecule has 0 aliphatic rings. The van der Waals surface area contributed by atoms with Gasteiger partial charge in [0.05, 0.1) is 44.3 Å². The monoisotopic (exact) mass is 564 g/mol. The predicted octanol–water partition coefficient (Wildman–Crippen LogP) is 5.06. The number of hydrogen-bond acceptors (Lipinski definition) is 5. The Hall–Kier alpha value is -3.11. The zero-order chi connectivity index (χ0) is 25.8. The quantitative estimate of drug-likeness (QED) is 0.392. The van der Waals surface area contributed by atoms with E-state index in [1.807, 2.05) is 31.2 Å². The summed E-state index contributed by atoms with van der Waals surface area (Å²) >= 11 is 3.42. The molecule has 0 unspecified atom stereocenters. The van der Waals surface area contributed by atoms with Gasteiger partial charge in [-0.1, -0.05) is 46.3 Å². The largest absolute Gasteiger partial charge is 0.493 e. The lowest BCUT2D eigenvalue weighted by atomic mass is 10.1. The number of nitrogens with zero attached hydrogens (tertiary/aromatic N) is 1. The Balaban J connectivity index is 2.11. The summed E-state index contributed by atoms with van der Waals surface area (Å²) in [5.41, 5.74) is 1.07. The lowest BCUT2D eigenvalue weighted by Gasteiger charge is -2.26. The van der Waals surface area contributed by atoms with Crippen molar-refractivity contribution in [2.24, 2.45) is 0 Å². The van der Waals surface area contributed by atoms with E-state index >= 15 is 0 Å². The number of sulfonamides is 1. The number of benzene rings is 3. The number of carbonyl (C=O) groups is 1. The van der Waals surface area contributed by atoms with Gasteiger partial charge >= 0.3 is 0 Å². The highest BCUT2D eigenvalue weighted by molar-refractivity contribution is 9.10. The number of nitrogens with one attached hydrogen (secondary N) is 1. The summed E-state index contributed by atoms with van der Waals surface area (Å²) in [7, 11) is -1.12. The minimum Gasteiger partial charge on any atom is -0.493 e. The molecule has 1 N–H and O–H groups in total. The maximum Gasteiger partial charge on any atom is 0.254 e. The topological polar surface area (TPSA) is 84.9 Å². The van der Waals surface area contributed by atoms with Gasteiger partial charge in [-0.05, 0) is 36.8 Å². The van der Waals surface area contributed by atoms with Crippen molar-refractivity contribution >= 4 is 37.5 Å². The highest BCUT2D eigenvalue weighted by Gasteiger charge is 2.28. The molecule has 3 aromatic carbocycles. The molecule has 0 aromatic heterocycles. The Morgan fingerprint density at radius 1 is 1.06 bits per heavy atom. The predicted molar refractivity (Wildman–Crippen MR) is 137 cm³/mol. The molecule has 0 radical (unpaired) electrons. The van der Waals surface area contributed by atoms with Crippen LogP contribution in [0.15, 0.2) is 65.1 Å². The summed E-state index contributed by atoms with van der Waals surface area (Å²) in [6.07, 6.45) is 0.996. The molecule has 1 atom stereocenters. The summed E-state index contributed by atoms with van der Waals surface area (Å²) in [6.45, 7) is 1.50. The van der Waals surface area contributed by atoms with Crippen LogP contribution < -0.4 is 19.1 Å². The highest BCUT2D eigenvalue weighted by Crippen LogP contribution is 2.37. The van der Waals surface area contributed by atoms with Gasteiger partial charge in [-0.3, -0.25) is 9.10 Å². The molecule has 0 heterocycles. The first-order valence-corrected chi connectivity index (χ1v) is 13.2. The number of ether oxygens (including phenoxy) is 2. The molecule has 3 rings (SSSR count). The second-order valence-electron chi connectivity index (χ2n) is 7.84. The summed E-state index contributed by atoms with van der Waals surface area (Å²) in [5, 5.41) is 2.90. The molecule has 35 heavy (non-hydrogen) atoms. The van der Waals surface area contributed by atoms with Crippen molar-refractivity contribution in [3.63, 3.8) is 0 Å². The number of anilines is 1. The van der Waals surface area contributed by atoms with Gasteiger partial charge in [0, 0.05) is 16.1 Å². The molecular formula is C25H26BrFN2O5S. The third-order valence-electron chi connectivity index (χ3n) is 5.38. The first kappa shape index (κ1) is 26.5. The maximum atomic E-state index is 14.4. The summed E-state index contributed by atoms with van der Waals surface area (Å²) in [4.78, 5) is 13.4. The van der Waals surface area contributed by atoms with Crippen molar-refractivity contribution in [3.8, 4) is 11.5 Å². The smallest absolute Gasteiger partial charge is 0.254 e. The summed E-state index contributed by atoms with van der Waals surface area (Å²) < 4.78 is 52.7. The zero-order valence-corrected chi connectivity index (χ0v) is 22.1. The first-order valence-electron chi connectivity index (χ1n) is 10.6. The van der Waals surface area contributed by atoms with Crippen molar-refractivity contribution in [1.29, 1.82) is 0 Å². The standard InChI is InChI=1S/C25H26BrFN2O5S/c1-16(17-9-7-10-19(26)12-17)28-25(30)20-13-23(33-2)24(34-3)14-22(20)29(35(4,31)32)15-18-8-5-6-11-21(18)27/h5-14,16H,15H2,1-4H3,(H,28,30)/t16-/m1/s1. The average Bonchev–Trinajstić information content (AvgIpc) is 2.81. The van der Waals surface area contributed by atoms with Gasteiger partial charge < -0.3 is 14.8 Å². The minimum absolute atomic E-state index is 0.0336. The van der Waals surface area contributed by atoms with E-state index < -0.39 is 21.7 Å². The Kier molecular flexibility index (Phi) is 8.39. The number of hydrogen-bond donors (Lipinski definition) is 1. The second-order valence-corrected chi connectivity index (χ2v) is 10.7. The molecule has 1 amide bonds. The van der Waals surface area contributed by atoms with Crippen LogP contribution in [-0.4, -0.2) is 34.8 Å². The number of amides is 1. The van der Waals surface area contributed by atoms with Crippen molar-refractivity contribution in [3.05, 3.63) is 87.6 Å². The number of methoxy groups -OCH3 is 2. The minimum atomic E-state index is -3.94. The molecule has 0 saturated heterocycles. The van der Waals surface area contributed by atoms with Crippen LogP contribution in [-0.2, 0) is 16.6 Å². The van der Waals surface area contributed by atoms with E-state index in [1.54, 1.807) is 6.07 Å². The fraction of sp³-hybridized carbons (Fsp3) is 0.240. The molecule has 0 fully saturated rings. The van der Waals surface area contributed by atoms with Crippen molar-refractivity contribution in [2.75, 3.05) is 24.8 Å². The van der Waals surface area contributed by atoms with Gasteiger partial charge in [0.15, 0.2) is 11.5 Å². The fourth-order valence-corrected chi connectivity index (χ4v) is 4.85. The van der Waals surface area contributed by atoms with Crippen LogP contribution in [0.2, 0.25) is 0 Å². The van der Waals surface area contributed by atoms with Crippen molar-refractivity contribution in [1.82, 2.24) is 5.32 Å². The Morgan fingerprint density at radius 2 is 1.71 bits per heavy atom. The molecule has 186 valence electrons. The Labute approximate surface area is 213 Å². The van der Waals surface area contributed by atoms with Crippen LogP contribution >= 0.6 is 15.9 Å². The molecule has 0 saturated carbocycles. The van der Waals surface area contributed by atoms with Gasteiger partial charge in [-0.15, -0.1) is 0 Å². The van der Waals surface area contributed by atoms with Crippen LogP contribution in [0.5, 0.6) is 11.5 Å². The van der Waals surface area contributed by atoms with Gasteiger partial charge in [0.2, 0.25) is 10.0 Å². The van der Waals surface area contributed by atoms with E-state index in [9.17, 15) is 17.6 Å². The number of rotatable bonds is 9. The summed E-state index contributed by atoms with van der Waals surface area (Å²) in [5.74, 6) is -0.622. The molecule has 0 spiro atoms. The van der Waals surface area contributed by atoms with Crippen molar-refractivity contribution < 1.29 is 27.1 Å². The normalized spacial score (nSPS) is 12.1. The van der Waals surface area contributed by atoms with Gasteiger partial charge in [0.1, 0.15) is 5.82 Å². The van der Waals surface area contributed by atoms with Gasteiger partial charge in [-0.25, -0.2) is 12.8 Å². The van der Waals surface area contributed by atoms with Crippen molar-refractivity contribution in [2.45, 2.75) is 19.5 Å². The Bertz CT molecular complexity index is 1330. The molecule has 0 aliphatic heterocycles.